The number of hydrogen-bond donors (Lipinski definition) is 2. The molecule has 1 aromatic rings. The Labute approximate surface area is 144 Å². The molecule has 21 heavy (non-hydrogen) atoms. The molecular weight excluding hydrogens is 401 g/mol. The van der Waals surface area contributed by atoms with Crippen molar-refractivity contribution in [3.63, 3.8) is 0 Å². The second-order valence-corrected chi connectivity index (χ2v) is 7.75. The number of benzene rings is 1. The number of rotatable bonds is 8. The Morgan fingerprint density at radius 2 is 1.95 bits per heavy atom. The highest BCUT2D eigenvalue weighted by Crippen LogP contribution is 2.36. The van der Waals surface area contributed by atoms with Gasteiger partial charge in [-0.05, 0) is 47.6 Å². The lowest BCUT2D eigenvalue weighted by atomic mass is 10.3. The highest BCUT2D eigenvalue weighted by Gasteiger charge is 2.19. The molecule has 0 saturated carbocycles. The standard InChI is InChI=1S/C12H18BrCl2N3O2S/c1-3-16-7-4-8-18(2)21(19,20)17-10-6-5-9(13)11(14)12(10)15/h5-6,16-17H,3-4,7-8H2,1-2H3. The summed E-state index contributed by atoms with van der Waals surface area (Å²) in [6.07, 6.45) is 0.722. The SMILES string of the molecule is CCNCCCN(C)S(=O)(=O)Nc1ccc(Br)c(Cl)c1Cl. The predicted molar refractivity (Wildman–Crippen MR) is 92.5 cm³/mol. The average Bonchev–Trinajstić information content (AvgIpc) is 2.44. The van der Waals surface area contributed by atoms with Crippen LogP contribution in [0, 0.1) is 0 Å². The van der Waals surface area contributed by atoms with E-state index in [-0.39, 0.29) is 15.7 Å². The predicted octanol–water partition coefficient (Wildman–Crippen LogP) is 3.34. The van der Waals surface area contributed by atoms with Crippen molar-refractivity contribution < 1.29 is 8.42 Å². The van der Waals surface area contributed by atoms with Crippen LogP contribution < -0.4 is 10.0 Å². The molecule has 0 amide bonds. The molecule has 0 aliphatic heterocycles. The lowest BCUT2D eigenvalue weighted by molar-refractivity contribution is 0.459. The van der Waals surface area contributed by atoms with Crippen molar-refractivity contribution in [3.05, 3.63) is 26.7 Å². The van der Waals surface area contributed by atoms with E-state index < -0.39 is 10.2 Å². The zero-order valence-corrected chi connectivity index (χ0v) is 15.7. The van der Waals surface area contributed by atoms with Gasteiger partial charge in [0.2, 0.25) is 0 Å². The Balaban J connectivity index is 2.74. The zero-order chi connectivity index (χ0) is 16.0. The average molecular weight is 419 g/mol. The summed E-state index contributed by atoms with van der Waals surface area (Å²) >= 11 is 15.2. The Bertz CT molecular complexity index is 584. The summed E-state index contributed by atoms with van der Waals surface area (Å²) in [5.41, 5.74) is 0.253. The number of hydrogen-bond acceptors (Lipinski definition) is 3. The summed E-state index contributed by atoms with van der Waals surface area (Å²) < 4.78 is 28.7. The smallest absolute Gasteiger partial charge is 0.301 e. The Hall–Kier alpha value is -0.0500. The molecule has 0 bridgehead atoms. The molecular formula is C12H18BrCl2N3O2S. The maximum Gasteiger partial charge on any atom is 0.301 e. The molecule has 0 atom stereocenters. The van der Waals surface area contributed by atoms with Crippen LogP contribution in [0.4, 0.5) is 5.69 Å². The largest absolute Gasteiger partial charge is 0.317 e. The molecule has 0 aromatic heterocycles. The Kier molecular flexibility index (Phi) is 7.73. The maximum atomic E-state index is 12.2. The molecule has 5 nitrogen and oxygen atoms in total. The summed E-state index contributed by atoms with van der Waals surface area (Å²) in [7, 11) is -2.14. The second kappa shape index (κ2) is 8.55. The first kappa shape index (κ1) is 19.0. The lowest BCUT2D eigenvalue weighted by Gasteiger charge is -2.19. The molecule has 0 saturated heterocycles. The first-order valence-electron chi connectivity index (χ1n) is 6.38. The van der Waals surface area contributed by atoms with Crippen molar-refractivity contribution in [3.8, 4) is 0 Å². The second-order valence-electron chi connectivity index (χ2n) is 4.36. The quantitative estimate of drug-likeness (QED) is 0.502. The molecule has 120 valence electrons. The lowest BCUT2D eigenvalue weighted by Crippen LogP contribution is -2.34. The first-order chi connectivity index (χ1) is 9.79. The van der Waals surface area contributed by atoms with Crippen LogP contribution in [0.15, 0.2) is 16.6 Å². The minimum atomic E-state index is -3.66. The van der Waals surface area contributed by atoms with Gasteiger partial charge in [0, 0.05) is 18.1 Å². The monoisotopic (exact) mass is 417 g/mol. The van der Waals surface area contributed by atoms with Gasteiger partial charge in [0.15, 0.2) is 0 Å². The Morgan fingerprint density at radius 1 is 1.29 bits per heavy atom. The normalized spacial score (nSPS) is 11.9. The summed E-state index contributed by atoms with van der Waals surface area (Å²) in [5.74, 6) is 0. The van der Waals surface area contributed by atoms with E-state index in [2.05, 4.69) is 26.0 Å². The number of anilines is 1. The van der Waals surface area contributed by atoms with E-state index in [0.29, 0.717) is 11.0 Å². The molecule has 0 radical (unpaired) electrons. The fourth-order valence-electron chi connectivity index (χ4n) is 1.55. The van der Waals surface area contributed by atoms with Crippen LogP contribution >= 0.6 is 39.1 Å². The number of nitrogens with zero attached hydrogens (tertiary/aromatic N) is 1. The van der Waals surface area contributed by atoms with Crippen molar-refractivity contribution in [2.45, 2.75) is 13.3 Å². The van der Waals surface area contributed by atoms with Gasteiger partial charge in [0.25, 0.3) is 0 Å². The third-order valence-corrected chi connectivity index (χ3v) is 6.01. The van der Waals surface area contributed by atoms with Crippen LogP contribution in [0.25, 0.3) is 0 Å². The van der Waals surface area contributed by atoms with Crippen molar-refractivity contribution in [2.24, 2.45) is 0 Å². The summed E-state index contributed by atoms with van der Waals surface area (Å²) in [5, 5.41) is 3.57. The van der Waals surface area contributed by atoms with E-state index in [0.717, 1.165) is 19.5 Å². The van der Waals surface area contributed by atoms with Crippen LogP contribution in [0.5, 0.6) is 0 Å². The Morgan fingerprint density at radius 3 is 2.57 bits per heavy atom. The van der Waals surface area contributed by atoms with Gasteiger partial charge in [-0.1, -0.05) is 30.1 Å². The highest BCUT2D eigenvalue weighted by atomic mass is 79.9. The van der Waals surface area contributed by atoms with Gasteiger partial charge in [-0.2, -0.15) is 12.7 Å². The fraction of sp³-hybridized carbons (Fsp3) is 0.500. The van der Waals surface area contributed by atoms with Gasteiger partial charge in [0.1, 0.15) is 0 Å². The van der Waals surface area contributed by atoms with E-state index in [4.69, 9.17) is 23.2 Å². The maximum absolute atomic E-state index is 12.2. The van der Waals surface area contributed by atoms with Crippen LogP contribution in [0.2, 0.25) is 10.0 Å². The van der Waals surface area contributed by atoms with Crippen LogP contribution in [0.3, 0.4) is 0 Å². The van der Waals surface area contributed by atoms with E-state index in [9.17, 15) is 8.42 Å². The summed E-state index contributed by atoms with van der Waals surface area (Å²) in [6.45, 7) is 4.04. The minimum Gasteiger partial charge on any atom is -0.317 e. The van der Waals surface area contributed by atoms with Crippen molar-refractivity contribution in [1.82, 2.24) is 9.62 Å². The van der Waals surface area contributed by atoms with Crippen LogP contribution in [-0.4, -0.2) is 39.4 Å². The summed E-state index contributed by atoms with van der Waals surface area (Å²) in [4.78, 5) is 0. The van der Waals surface area contributed by atoms with Crippen LogP contribution in [-0.2, 0) is 10.2 Å². The first-order valence-corrected chi connectivity index (χ1v) is 9.36. The third-order valence-electron chi connectivity index (χ3n) is 2.76. The van der Waals surface area contributed by atoms with E-state index >= 15 is 0 Å². The van der Waals surface area contributed by atoms with Crippen molar-refractivity contribution >= 4 is 55.0 Å². The molecule has 0 unspecified atom stereocenters. The molecule has 0 aliphatic rings. The van der Waals surface area contributed by atoms with Gasteiger partial charge < -0.3 is 5.32 Å². The van der Waals surface area contributed by atoms with Gasteiger partial charge in [-0.25, -0.2) is 0 Å². The molecule has 0 aliphatic carbocycles. The molecule has 9 heteroatoms. The van der Waals surface area contributed by atoms with Gasteiger partial charge >= 0.3 is 10.2 Å². The van der Waals surface area contributed by atoms with E-state index in [1.165, 1.54) is 11.4 Å². The van der Waals surface area contributed by atoms with Gasteiger partial charge in [0.05, 0.1) is 15.7 Å². The van der Waals surface area contributed by atoms with Crippen LogP contribution in [0.1, 0.15) is 13.3 Å². The topological polar surface area (TPSA) is 61.4 Å². The molecule has 2 N–H and O–H groups in total. The minimum absolute atomic E-state index is 0.163. The molecule has 0 heterocycles. The summed E-state index contributed by atoms with van der Waals surface area (Å²) in [6, 6.07) is 3.19. The fourth-order valence-corrected chi connectivity index (χ4v) is 3.40. The van der Waals surface area contributed by atoms with Crippen molar-refractivity contribution in [1.29, 1.82) is 0 Å². The van der Waals surface area contributed by atoms with E-state index in [1.54, 1.807) is 12.1 Å². The molecule has 1 aromatic carbocycles. The molecule has 0 fully saturated rings. The molecule has 1 rings (SSSR count). The number of nitrogens with one attached hydrogen (secondary N) is 2. The zero-order valence-electron chi connectivity index (χ0n) is 11.8. The van der Waals surface area contributed by atoms with Gasteiger partial charge in [-0.3, -0.25) is 4.72 Å². The third kappa shape index (κ3) is 5.58. The van der Waals surface area contributed by atoms with Gasteiger partial charge in [-0.15, -0.1) is 0 Å². The van der Waals surface area contributed by atoms with Crippen molar-refractivity contribution in [2.75, 3.05) is 31.4 Å². The molecule has 0 spiro atoms. The highest BCUT2D eigenvalue weighted by molar-refractivity contribution is 9.10. The van der Waals surface area contributed by atoms with E-state index in [1.807, 2.05) is 6.92 Å². The number of halogens is 3.